The molecule has 11 nitrogen and oxygen atoms in total. The number of H-pyrrole nitrogens is 1. The molecule has 0 saturated heterocycles. The van der Waals surface area contributed by atoms with Crippen LogP contribution in [0.3, 0.4) is 0 Å². The molecular formula is C23H21N5O6S. The van der Waals surface area contributed by atoms with Gasteiger partial charge in [0.15, 0.2) is 6.61 Å². The van der Waals surface area contributed by atoms with Gasteiger partial charge in [-0.15, -0.1) is 17.8 Å². The predicted molar refractivity (Wildman–Crippen MR) is 129 cm³/mol. The van der Waals surface area contributed by atoms with Crippen LogP contribution in [-0.2, 0) is 22.6 Å². The number of hydrogen-bond donors (Lipinski definition) is 5. The number of thiophene rings is 1. The summed E-state index contributed by atoms with van der Waals surface area (Å²) < 4.78 is 5.30. The highest BCUT2D eigenvalue weighted by atomic mass is 32.1. The maximum absolute atomic E-state index is 12.6. The Hall–Kier alpha value is -4.21. The van der Waals surface area contributed by atoms with Crippen molar-refractivity contribution in [2.75, 3.05) is 18.5 Å². The molecule has 35 heavy (non-hydrogen) atoms. The normalized spacial score (nSPS) is 15.5. The zero-order valence-corrected chi connectivity index (χ0v) is 19.2. The van der Waals surface area contributed by atoms with Crippen LogP contribution in [0.1, 0.15) is 39.0 Å². The zero-order valence-electron chi connectivity index (χ0n) is 18.3. The molecule has 1 atom stereocenters. The Labute approximate surface area is 202 Å². The molecule has 5 rings (SSSR count). The van der Waals surface area contributed by atoms with Crippen molar-refractivity contribution < 1.29 is 24.2 Å². The Morgan fingerprint density at radius 3 is 2.86 bits per heavy atom. The number of aliphatic carboxylic acids is 1. The quantitative estimate of drug-likeness (QED) is 0.332. The summed E-state index contributed by atoms with van der Waals surface area (Å²) in [4.78, 5) is 56.1. The number of aryl methyl sites for hydroxylation is 1. The monoisotopic (exact) mass is 495 g/mol. The number of carboxylic acids is 1. The molecule has 12 heteroatoms. The summed E-state index contributed by atoms with van der Waals surface area (Å²) in [5.74, 6) is 0.110. The van der Waals surface area contributed by atoms with Crippen LogP contribution in [0.25, 0.3) is 10.2 Å². The van der Waals surface area contributed by atoms with E-state index in [1.54, 1.807) is 18.2 Å². The van der Waals surface area contributed by atoms with Gasteiger partial charge in [-0.1, -0.05) is 12.0 Å². The largest absolute Gasteiger partial charge is 0.482 e. The van der Waals surface area contributed by atoms with Gasteiger partial charge < -0.3 is 31.2 Å². The number of benzene rings is 1. The summed E-state index contributed by atoms with van der Waals surface area (Å²) in [6.45, 7) is 0.454. The molecule has 1 unspecified atom stereocenters. The van der Waals surface area contributed by atoms with Crippen LogP contribution in [0, 0.1) is 12.3 Å². The molecule has 3 heterocycles. The number of nitrogens with one attached hydrogen (secondary N) is 3. The summed E-state index contributed by atoms with van der Waals surface area (Å²) in [5, 5.41) is 15.1. The molecular weight excluding hydrogens is 474 g/mol. The SMILES string of the molecule is C#CCN.O=C1COc2ccc(CNC(=O)c3nc4sc5c(c4c(=O)[nH]3)C(C(=O)O)CC5)cc2N1. The number of terminal acetylenes is 1. The van der Waals surface area contributed by atoms with Crippen molar-refractivity contribution in [3.05, 3.63) is 50.4 Å². The highest BCUT2D eigenvalue weighted by Crippen LogP contribution is 2.42. The third-order valence-corrected chi connectivity index (χ3v) is 6.60. The number of rotatable bonds is 4. The molecule has 0 spiro atoms. The Bertz CT molecular complexity index is 1440. The van der Waals surface area contributed by atoms with E-state index in [4.69, 9.17) is 10.5 Å². The minimum atomic E-state index is -0.966. The van der Waals surface area contributed by atoms with Crippen molar-refractivity contribution in [2.24, 2.45) is 5.73 Å². The number of anilines is 1. The Kier molecular flexibility index (Phi) is 6.81. The van der Waals surface area contributed by atoms with Crippen LogP contribution in [0.2, 0.25) is 0 Å². The number of carbonyl (C=O) groups is 3. The van der Waals surface area contributed by atoms with E-state index in [9.17, 15) is 24.3 Å². The van der Waals surface area contributed by atoms with E-state index in [-0.39, 0.29) is 30.3 Å². The second-order valence-corrected chi connectivity index (χ2v) is 8.81. The highest BCUT2D eigenvalue weighted by molar-refractivity contribution is 7.18. The fraction of sp³-hybridized carbons (Fsp3) is 0.261. The molecule has 2 aliphatic rings. The maximum atomic E-state index is 12.6. The molecule has 0 bridgehead atoms. The molecule has 2 amide bonds. The Morgan fingerprint density at radius 1 is 1.37 bits per heavy atom. The van der Waals surface area contributed by atoms with Crippen LogP contribution in [-0.4, -0.2) is 46.0 Å². The lowest BCUT2D eigenvalue weighted by molar-refractivity contribution is -0.138. The number of aromatic nitrogens is 2. The van der Waals surface area contributed by atoms with Crippen molar-refractivity contribution in [1.29, 1.82) is 0 Å². The molecule has 180 valence electrons. The lowest BCUT2D eigenvalue weighted by Gasteiger charge is -2.18. The number of aromatic amines is 1. The first-order chi connectivity index (χ1) is 16.8. The van der Waals surface area contributed by atoms with Gasteiger partial charge >= 0.3 is 5.97 Å². The minimum Gasteiger partial charge on any atom is -0.482 e. The van der Waals surface area contributed by atoms with Crippen molar-refractivity contribution in [3.8, 4) is 18.1 Å². The van der Waals surface area contributed by atoms with E-state index in [0.717, 1.165) is 10.4 Å². The average Bonchev–Trinajstić information content (AvgIpc) is 3.41. The first-order valence-electron chi connectivity index (χ1n) is 10.6. The number of ether oxygens (including phenoxy) is 1. The van der Waals surface area contributed by atoms with E-state index in [0.29, 0.717) is 41.2 Å². The van der Waals surface area contributed by atoms with Gasteiger partial charge in [-0.25, -0.2) is 4.98 Å². The van der Waals surface area contributed by atoms with Gasteiger partial charge in [0, 0.05) is 11.4 Å². The van der Waals surface area contributed by atoms with Crippen molar-refractivity contribution in [3.63, 3.8) is 0 Å². The number of nitrogens with two attached hydrogens (primary N) is 1. The molecule has 1 aromatic carbocycles. The minimum absolute atomic E-state index is 0.0377. The van der Waals surface area contributed by atoms with Gasteiger partial charge in [0.1, 0.15) is 10.6 Å². The number of hydrogen-bond acceptors (Lipinski definition) is 8. The van der Waals surface area contributed by atoms with Crippen LogP contribution in [0.5, 0.6) is 5.75 Å². The molecule has 1 aliphatic carbocycles. The maximum Gasteiger partial charge on any atom is 0.311 e. The number of carbonyl (C=O) groups excluding carboxylic acids is 2. The van der Waals surface area contributed by atoms with E-state index in [1.807, 2.05) is 0 Å². The van der Waals surface area contributed by atoms with E-state index in [2.05, 4.69) is 32.9 Å². The van der Waals surface area contributed by atoms with Gasteiger partial charge in [0.05, 0.1) is 23.5 Å². The van der Waals surface area contributed by atoms with Crippen LogP contribution in [0.15, 0.2) is 23.0 Å². The molecule has 3 aromatic rings. The molecule has 0 radical (unpaired) electrons. The highest BCUT2D eigenvalue weighted by Gasteiger charge is 2.34. The fourth-order valence-corrected chi connectivity index (χ4v) is 5.16. The standard InChI is InChI=1S/C20H16N4O6S.C3H5N/c25-13-7-30-11-3-1-8(5-10(11)22-13)6-21-18(27)16-23-17(26)15-14-9(20(28)29)2-4-12(14)31-19(15)24-16;1-2-3-4/h1,3,5,9H,2,4,6-7H2,(H,21,27)(H,22,25)(H,28,29)(H,23,24,26);1H,3-4H2. The predicted octanol–water partition coefficient (Wildman–Crippen LogP) is 0.938. The summed E-state index contributed by atoms with van der Waals surface area (Å²) in [5.41, 5.74) is 6.04. The summed E-state index contributed by atoms with van der Waals surface area (Å²) >= 11 is 1.25. The van der Waals surface area contributed by atoms with E-state index in [1.165, 1.54) is 11.3 Å². The van der Waals surface area contributed by atoms with Crippen molar-refractivity contribution >= 4 is 45.0 Å². The first kappa shape index (κ1) is 23.9. The molecule has 2 aromatic heterocycles. The lowest BCUT2D eigenvalue weighted by Crippen LogP contribution is -2.28. The van der Waals surface area contributed by atoms with Gasteiger partial charge in [-0.3, -0.25) is 19.2 Å². The second kappa shape index (κ2) is 9.96. The summed E-state index contributed by atoms with van der Waals surface area (Å²) in [6, 6.07) is 5.15. The molecule has 0 saturated carbocycles. The van der Waals surface area contributed by atoms with Crippen LogP contribution < -0.4 is 26.7 Å². The van der Waals surface area contributed by atoms with Gasteiger partial charge in [0.25, 0.3) is 17.4 Å². The van der Waals surface area contributed by atoms with Gasteiger partial charge in [0.2, 0.25) is 5.82 Å². The van der Waals surface area contributed by atoms with Crippen molar-refractivity contribution in [1.82, 2.24) is 15.3 Å². The number of amides is 2. The summed E-state index contributed by atoms with van der Waals surface area (Å²) in [6.07, 6.45) is 5.69. The van der Waals surface area contributed by atoms with Crippen molar-refractivity contribution in [2.45, 2.75) is 25.3 Å². The molecule has 1 aliphatic heterocycles. The average molecular weight is 496 g/mol. The smallest absolute Gasteiger partial charge is 0.311 e. The van der Waals surface area contributed by atoms with Gasteiger partial charge in [-0.05, 0) is 36.1 Å². The number of fused-ring (bicyclic) bond motifs is 4. The van der Waals surface area contributed by atoms with Gasteiger partial charge in [-0.2, -0.15) is 0 Å². The zero-order chi connectivity index (χ0) is 25.1. The van der Waals surface area contributed by atoms with E-state index < -0.39 is 23.4 Å². The van der Waals surface area contributed by atoms with Crippen LogP contribution >= 0.6 is 11.3 Å². The second-order valence-electron chi connectivity index (χ2n) is 7.72. The number of nitrogens with zero attached hydrogens (tertiary/aromatic N) is 1. The first-order valence-corrected chi connectivity index (χ1v) is 11.4. The summed E-state index contributed by atoms with van der Waals surface area (Å²) in [7, 11) is 0. The topological polar surface area (TPSA) is 176 Å². The Balaban J connectivity index is 0.000000672. The Morgan fingerprint density at radius 2 is 2.14 bits per heavy atom. The molecule has 6 N–H and O–H groups in total. The molecule has 0 fully saturated rings. The van der Waals surface area contributed by atoms with E-state index >= 15 is 0 Å². The number of carboxylic acid groups (broad SMARTS) is 1. The fourth-order valence-electron chi connectivity index (χ4n) is 3.91. The lowest BCUT2D eigenvalue weighted by atomic mass is 10.0. The third kappa shape index (κ3) is 4.86. The third-order valence-electron chi connectivity index (χ3n) is 5.45. The van der Waals surface area contributed by atoms with Crippen LogP contribution in [0.4, 0.5) is 5.69 Å².